The minimum absolute atomic E-state index is 0. The summed E-state index contributed by atoms with van der Waals surface area (Å²) >= 11 is 0. The van der Waals surface area contributed by atoms with Crippen LogP contribution in [0.5, 0.6) is 0 Å². The van der Waals surface area contributed by atoms with Gasteiger partial charge in [0.1, 0.15) is 0 Å². The van der Waals surface area contributed by atoms with Crippen LogP contribution in [0.2, 0.25) is 0 Å². The van der Waals surface area contributed by atoms with E-state index in [1.54, 1.807) is 0 Å². The maximum Gasteiger partial charge on any atom is 4.00 e. The van der Waals surface area contributed by atoms with Gasteiger partial charge in [-0.25, -0.2) is 15.4 Å². The monoisotopic (exact) mass is 134 g/mol. The Kier molecular flexibility index (Phi) is 67.0. The Hall–Kier alpha value is 0.684. The summed E-state index contributed by atoms with van der Waals surface area (Å²) in [4.78, 5) is 0. The number of hydrogen-bond acceptors (Lipinski definition) is 4. The van der Waals surface area contributed by atoms with E-state index in [0.717, 1.165) is 0 Å². The van der Waals surface area contributed by atoms with Crippen LogP contribution in [0.3, 0.4) is 0 Å². The third-order valence-electron chi connectivity index (χ3n) is 0. The van der Waals surface area contributed by atoms with Crippen molar-refractivity contribution >= 4 is 15.4 Å². The topological polar surface area (TPSA) is 92.2 Å². The van der Waals surface area contributed by atoms with Crippen molar-refractivity contribution in [3.63, 3.8) is 0 Å². The molecule has 7 heteroatoms. The van der Waals surface area contributed by atoms with Crippen LogP contribution in [0.1, 0.15) is 0 Å². The molecule has 0 aromatic carbocycles. The van der Waals surface area contributed by atoms with Crippen molar-refractivity contribution in [3.05, 3.63) is 0 Å². The van der Waals surface area contributed by atoms with Gasteiger partial charge in [-0.3, -0.25) is 0 Å². The molecular weight excluding hydrogens is 133 g/mol. The molecule has 4 nitrogen and oxygen atoms in total. The van der Waals surface area contributed by atoms with E-state index in [9.17, 15) is 0 Å². The summed E-state index contributed by atoms with van der Waals surface area (Å²) < 4.78 is 0. The van der Waals surface area contributed by atoms with E-state index in [1.165, 1.54) is 0 Å². The summed E-state index contributed by atoms with van der Waals surface area (Å²) in [6, 6.07) is 0. The molecule has 0 heterocycles. The van der Waals surface area contributed by atoms with Gasteiger partial charge in [0.15, 0.2) is 0 Å². The minimum atomic E-state index is -0.500. The van der Waals surface area contributed by atoms with Crippen molar-refractivity contribution in [1.29, 1.82) is 0 Å². The molecule has 0 aliphatic carbocycles. The Bertz CT molecular complexity index is 11.7. The molecule has 0 aromatic heterocycles. The van der Waals surface area contributed by atoms with Crippen molar-refractivity contribution in [2.24, 2.45) is 0 Å². The molecule has 0 rings (SSSR count). The fourth-order valence-corrected chi connectivity index (χ4v) is 0. The SMILES string of the molecule is [O-][B][O-].[O-][B][O-].[Ti+4]. The molecule has 0 saturated carbocycles. The molecule has 0 atom stereocenters. The molecule has 0 bridgehead atoms. The summed E-state index contributed by atoms with van der Waals surface area (Å²) in [5, 5.41) is 33.0. The molecule has 34 valence electrons. The zero-order valence-corrected chi connectivity index (χ0v) is 4.85. The summed E-state index contributed by atoms with van der Waals surface area (Å²) in [6.45, 7) is 0. The zero-order valence-electron chi connectivity index (χ0n) is 3.29. The summed E-state index contributed by atoms with van der Waals surface area (Å²) in [7, 11) is -1.00. The Morgan fingerprint density at radius 2 is 0.714 bits per heavy atom. The average Bonchev–Trinajstić information content (AvgIpc) is 1.39. The van der Waals surface area contributed by atoms with Crippen molar-refractivity contribution in [3.8, 4) is 0 Å². The molecule has 2 radical (unpaired) electrons. The molecule has 0 unspecified atom stereocenters. The molecular formula is B2O4Ti. The zero-order chi connectivity index (χ0) is 5.41. The number of hydrogen-bond donors (Lipinski definition) is 0. The molecule has 0 saturated heterocycles. The van der Waals surface area contributed by atoms with Gasteiger partial charge in [-0.1, -0.05) is 0 Å². The summed E-state index contributed by atoms with van der Waals surface area (Å²) in [5.41, 5.74) is 0. The maximum absolute atomic E-state index is 8.25. The largest absolute Gasteiger partial charge is 4.00 e. The first-order chi connectivity index (χ1) is 2.83. The fraction of sp³-hybridized carbons (Fsp3) is 0. The number of rotatable bonds is 0. The predicted molar refractivity (Wildman–Crippen MR) is 11.5 cm³/mol. The van der Waals surface area contributed by atoms with Crippen LogP contribution in [0.25, 0.3) is 0 Å². The van der Waals surface area contributed by atoms with Crippen LogP contribution in [0.15, 0.2) is 0 Å². The molecule has 0 aliphatic heterocycles. The van der Waals surface area contributed by atoms with Gasteiger partial charge >= 0.3 is 21.7 Å². The van der Waals surface area contributed by atoms with E-state index in [2.05, 4.69) is 0 Å². The molecule has 7 heavy (non-hydrogen) atoms. The average molecular weight is 133 g/mol. The first-order valence-electron chi connectivity index (χ1n) is 0.943. The Morgan fingerprint density at radius 1 is 0.714 bits per heavy atom. The van der Waals surface area contributed by atoms with Gasteiger partial charge in [-0.05, 0) is 0 Å². The molecule has 0 aliphatic rings. The van der Waals surface area contributed by atoms with E-state index in [4.69, 9.17) is 20.1 Å². The quantitative estimate of drug-likeness (QED) is 0.308. The molecule has 0 fully saturated rings. The summed E-state index contributed by atoms with van der Waals surface area (Å²) in [6.07, 6.45) is 0. The van der Waals surface area contributed by atoms with Gasteiger partial charge in [-0.2, -0.15) is 0 Å². The van der Waals surface area contributed by atoms with Gasteiger partial charge in [0, 0.05) is 0 Å². The predicted octanol–water partition coefficient (Wildman–Crippen LogP) is -5.52. The van der Waals surface area contributed by atoms with Crippen LogP contribution in [0, 0.1) is 0 Å². The minimum Gasteiger partial charge on any atom is -0.900 e. The Morgan fingerprint density at radius 3 is 0.714 bits per heavy atom. The van der Waals surface area contributed by atoms with Gasteiger partial charge in [0.2, 0.25) is 0 Å². The fourth-order valence-electron chi connectivity index (χ4n) is 0. The van der Waals surface area contributed by atoms with E-state index in [-0.39, 0.29) is 21.7 Å². The van der Waals surface area contributed by atoms with Gasteiger partial charge in [0.25, 0.3) is 0 Å². The molecule has 0 aromatic rings. The van der Waals surface area contributed by atoms with Crippen LogP contribution in [-0.2, 0) is 21.7 Å². The second-order valence-corrected chi connectivity index (χ2v) is 0.192. The molecule has 0 N–H and O–H groups in total. The van der Waals surface area contributed by atoms with Crippen LogP contribution < -0.4 is 20.1 Å². The van der Waals surface area contributed by atoms with Crippen molar-refractivity contribution in [2.45, 2.75) is 0 Å². The third-order valence-corrected chi connectivity index (χ3v) is 0. The first-order valence-corrected chi connectivity index (χ1v) is 0.943. The van der Waals surface area contributed by atoms with Crippen molar-refractivity contribution in [2.75, 3.05) is 0 Å². The standard InChI is InChI=1S/2BO2.Ti/c2*2-1-3;/q2*-2;+4. The normalized spacial score (nSPS) is 4.00. The van der Waals surface area contributed by atoms with E-state index < -0.39 is 15.4 Å². The van der Waals surface area contributed by atoms with Crippen LogP contribution >= 0.6 is 0 Å². The second-order valence-electron chi connectivity index (χ2n) is 0.192. The van der Waals surface area contributed by atoms with Crippen LogP contribution in [-0.4, -0.2) is 15.4 Å². The third kappa shape index (κ3) is 313. The van der Waals surface area contributed by atoms with Crippen LogP contribution in [0.4, 0.5) is 0 Å². The second kappa shape index (κ2) is 30.0. The summed E-state index contributed by atoms with van der Waals surface area (Å²) in [5.74, 6) is 0. The van der Waals surface area contributed by atoms with Crippen molar-refractivity contribution in [1.82, 2.24) is 0 Å². The first kappa shape index (κ1) is 15.6. The van der Waals surface area contributed by atoms with E-state index in [0.29, 0.717) is 0 Å². The maximum atomic E-state index is 8.25. The Balaban J connectivity index is -0.0000000400. The van der Waals surface area contributed by atoms with E-state index >= 15 is 0 Å². The van der Waals surface area contributed by atoms with E-state index in [1.807, 2.05) is 0 Å². The molecule has 0 spiro atoms. The molecule has 0 amide bonds. The Labute approximate surface area is 57.7 Å². The van der Waals surface area contributed by atoms with Gasteiger partial charge < -0.3 is 20.1 Å². The van der Waals surface area contributed by atoms with Gasteiger partial charge in [-0.15, -0.1) is 0 Å². The van der Waals surface area contributed by atoms with Crippen molar-refractivity contribution < 1.29 is 41.8 Å². The van der Waals surface area contributed by atoms with Gasteiger partial charge in [0.05, 0.1) is 0 Å². The smallest absolute Gasteiger partial charge is 0.900 e.